The quantitative estimate of drug-likeness (QED) is 0.141. The molecule has 0 saturated heterocycles. The second-order valence-corrected chi connectivity index (χ2v) is 12.3. The molecule has 2 aromatic carbocycles. The van der Waals surface area contributed by atoms with Crippen LogP contribution in [-0.4, -0.2) is 32.0 Å². The summed E-state index contributed by atoms with van der Waals surface area (Å²) >= 11 is 16.1. The van der Waals surface area contributed by atoms with E-state index in [9.17, 15) is 14.7 Å². The number of aromatic nitrogens is 3. The monoisotopic (exact) mass is 588 g/mol. The topological polar surface area (TPSA) is 96.3 Å². The molecule has 2 aromatic heterocycles. The van der Waals surface area contributed by atoms with E-state index in [0.717, 1.165) is 10.6 Å². The van der Waals surface area contributed by atoms with Crippen molar-refractivity contribution in [2.45, 2.75) is 30.0 Å². The zero-order chi connectivity index (χ0) is 26.3. The number of carbonyl (C=O) groups is 2. The fourth-order valence-electron chi connectivity index (χ4n) is 3.99. The van der Waals surface area contributed by atoms with Crippen molar-refractivity contribution in [3.8, 4) is 0 Å². The van der Waals surface area contributed by atoms with E-state index in [1.54, 1.807) is 38.1 Å². The van der Waals surface area contributed by atoms with Gasteiger partial charge in [-0.05, 0) is 37.1 Å². The van der Waals surface area contributed by atoms with Gasteiger partial charge >= 0.3 is 0 Å². The smallest absolute Gasteiger partial charge is 0.296 e. The molecule has 0 spiro atoms. The highest BCUT2D eigenvalue weighted by atomic mass is 35.5. The summed E-state index contributed by atoms with van der Waals surface area (Å²) < 4.78 is 0.605. The van der Waals surface area contributed by atoms with Gasteiger partial charge in [0.25, 0.3) is 5.91 Å². The van der Waals surface area contributed by atoms with E-state index >= 15 is 0 Å². The molecule has 3 heterocycles. The van der Waals surface area contributed by atoms with Gasteiger partial charge in [-0.15, -0.1) is 21.5 Å². The third-order valence-corrected chi connectivity index (χ3v) is 9.41. The van der Waals surface area contributed by atoms with Gasteiger partial charge in [-0.25, -0.2) is 4.98 Å². The van der Waals surface area contributed by atoms with Gasteiger partial charge in [0.15, 0.2) is 10.1 Å². The summed E-state index contributed by atoms with van der Waals surface area (Å²) in [6.07, 6.45) is 0. The van der Waals surface area contributed by atoms with Gasteiger partial charge in [0.05, 0.1) is 27.2 Å². The Hall–Kier alpha value is -2.76. The number of benzene rings is 2. The van der Waals surface area contributed by atoms with E-state index in [1.165, 1.54) is 39.3 Å². The fourth-order valence-corrected chi connectivity index (χ4v) is 7.29. The Morgan fingerprint density at radius 3 is 2.54 bits per heavy atom. The molecule has 188 valence electrons. The summed E-state index contributed by atoms with van der Waals surface area (Å²) in [4.78, 5) is 33.0. The molecule has 4 aromatic rings. The molecule has 1 unspecified atom stereocenters. The molecule has 0 aliphatic carbocycles. The van der Waals surface area contributed by atoms with Crippen molar-refractivity contribution in [1.82, 2.24) is 15.2 Å². The van der Waals surface area contributed by atoms with Crippen LogP contribution in [0.1, 0.15) is 37.5 Å². The summed E-state index contributed by atoms with van der Waals surface area (Å²) in [5, 5.41) is 21.5. The molecule has 0 saturated carbocycles. The standard InChI is InChI=1S/C25H18Cl2N4O3S3/c1-12-22(36-13(2)28-12)20(32)18-19(14-6-4-3-5-7-14)31(23(34)21(18)33)24-29-30-25(37-24)35-11-15-8-9-16(26)10-17(15)27/h3-10,19,33H,11H2,1-2H3. The number of amides is 1. The fraction of sp³-hybridized carbons (Fsp3) is 0.160. The van der Waals surface area contributed by atoms with Gasteiger partial charge in [-0.1, -0.05) is 82.7 Å². The maximum atomic E-state index is 13.6. The van der Waals surface area contributed by atoms with E-state index in [1.807, 2.05) is 24.3 Å². The summed E-state index contributed by atoms with van der Waals surface area (Å²) in [6.45, 7) is 3.54. The summed E-state index contributed by atoms with van der Waals surface area (Å²) in [6, 6.07) is 13.5. The number of carbonyl (C=O) groups excluding carboxylic acids is 2. The van der Waals surface area contributed by atoms with Crippen LogP contribution in [0.2, 0.25) is 10.0 Å². The molecule has 12 heteroatoms. The Balaban J connectivity index is 1.48. The third kappa shape index (κ3) is 5.04. The number of aryl methyl sites for hydroxylation is 2. The number of thioether (sulfide) groups is 1. The predicted molar refractivity (Wildman–Crippen MR) is 148 cm³/mol. The van der Waals surface area contributed by atoms with E-state index in [-0.39, 0.29) is 10.7 Å². The highest BCUT2D eigenvalue weighted by Crippen LogP contribution is 2.44. The van der Waals surface area contributed by atoms with Crippen LogP contribution in [0.5, 0.6) is 0 Å². The van der Waals surface area contributed by atoms with Crippen molar-refractivity contribution in [3.63, 3.8) is 0 Å². The van der Waals surface area contributed by atoms with Crippen LogP contribution >= 0.6 is 57.6 Å². The number of hydrogen-bond acceptors (Lipinski definition) is 9. The molecule has 0 fully saturated rings. The maximum Gasteiger partial charge on any atom is 0.296 e. The van der Waals surface area contributed by atoms with Gasteiger partial charge in [-0.3, -0.25) is 14.5 Å². The number of hydrogen-bond donors (Lipinski definition) is 1. The number of ketones is 1. The first-order valence-corrected chi connectivity index (χ1v) is 14.3. The number of rotatable bonds is 7. The maximum absolute atomic E-state index is 13.6. The first-order valence-electron chi connectivity index (χ1n) is 10.9. The third-order valence-electron chi connectivity index (χ3n) is 5.65. The van der Waals surface area contributed by atoms with Gasteiger partial charge in [0.1, 0.15) is 0 Å². The number of anilines is 1. The lowest BCUT2D eigenvalue weighted by Gasteiger charge is -2.23. The zero-order valence-electron chi connectivity index (χ0n) is 19.4. The average molecular weight is 590 g/mol. The lowest BCUT2D eigenvalue weighted by molar-refractivity contribution is -0.117. The predicted octanol–water partition coefficient (Wildman–Crippen LogP) is 6.99. The molecule has 5 rings (SSSR count). The van der Waals surface area contributed by atoms with E-state index < -0.39 is 23.5 Å². The average Bonchev–Trinajstić information content (AvgIpc) is 3.54. The molecule has 1 amide bonds. The van der Waals surface area contributed by atoms with Crippen molar-refractivity contribution in [2.75, 3.05) is 4.90 Å². The second kappa shape index (κ2) is 10.5. The number of halogens is 2. The first-order chi connectivity index (χ1) is 17.7. The minimum absolute atomic E-state index is 0.000277. The molecule has 1 aliphatic rings. The summed E-state index contributed by atoms with van der Waals surface area (Å²) in [5.41, 5.74) is 2.11. The summed E-state index contributed by atoms with van der Waals surface area (Å²) in [5.74, 6) is -1.20. The lowest BCUT2D eigenvalue weighted by Crippen LogP contribution is -2.31. The largest absolute Gasteiger partial charge is 0.503 e. The molecular weight excluding hydrogens is 571 g/mol. The highest BCUT2D eigenvalue weighted by molar-refractivity contribution is 8.00. The van der Waals surface area contributed by atoms with Gasteiger partial charge in [0, 0.05) is 15.8 Å². The van der Waals surface area contributed by atoms with Crippen molar-refractivity contribution >= 4 is 74.5 Å². The van der Waals surface area contributed by atoms with Crippen molar-refractivity contribution < 1.29 is 14.7 Å². The van der Waals surface area contributed by atoms with Crippen LogP contribution in [0.3, 0.4) is 0 Å². The van der Waals surface area contributed by atoms with Gasteiger partial charge in [-0.2, -0.15) is 0 Å². The Bertz CT molecular complexity index is 1550. The zero-order valence-corrected chi connectivity index (χ0v) is 23.4. The Morgan fingerprint density at radius 2 is 1.86 bits per heavy atom. The second-order valence-electron chi connectivity index (χ2n) is 8.10. The van der Waals surface area contributed by atoms with E-state index in [0.29, 0.717) is 36.3 Å². The first kappa shape index (κ1) is 25.9. The van der Waals surface area contributed by atoms with Crippen LogP contribution < -0.4 is 4.90 Å². The number of Topliss-reactive ketones (excluding diaryl/α,β-unsaturated/α-hetero) is 1. The van der Waals surface area contributed by atoms with Gasteiger partial charge in [0.2, 0.25) is 10.9 Å². The molecule has 1 N–H and O–H groups in total. The van der Waals surface area contributed by atoms with Crippen LogP contribution in [0, 0.1) is 13.8 Å². The number of aliphatic hydroxyl groups is 1. The Kier molecular flexibility index (Phi) is 7.37. The number of nitrogens with zero attached hydrogens (tertiary/aromatic N) is 4. The lowest BCUT2D eigenvalue weighted by atomic mass is 9.95. The highest BCUT2D eigenvalue weighted by Gasteiger charge is 2.46. The molecule has 1 aliphatic heterocycles. The Labute approximate surface area is 234 Å². The van der Waals surface area contributed by atoms with Crippen LogP contribution in [0.25, 0.3) is 0 Å². The minimum Gasteiger partial charge on any atom is -0.503 e. The number of thiazole rings is 1. The van der Waals surface area contributed by atoms with E-state index in [4.69, 9.17) is 23.2 Å². The molecule has 7 nitrogen and oxygen atoms in total. The molecule has 37 heavy (non-hydrogen) atoms. The normalized spacial score (nSPS) is 15.6. The van der Waals surface area contributed by atoms with E-state index in [2.05, 4.69) is 15.2 Å². The molecule has 0 bridgehead atoms. The van der Waals surface area contributed by atoms with Crippen molar-refractivity contribution in [1.29, 1.82) is 0 Å². The molecular formula is C25H18Cl2N4O3S3. The van der Waals surface area contributed by atoms with Crippen LogP contribution in [-0.2, 0) is 10.5 Å². The van der Waals surface area contributed by atoms with Gasteiger partial charge < -0.3 is 5.11 Å². The van der Waals surface area contributed by atoms with Crippen LogP contribution in [0.15, 0.2) is 64.2 Å². The molecule has 0 radical (unpaired) electrons. The Morgan fingerprint density at radius 1 is 1.11 bits per heavy atom. The van der Waals surface area contributed by atoms with Crippen molar-refractivity contribution in [2.24, 2.45) is 0 Å². The SMILES string of the molecule is Cc1nc(C)c(C(=O)C2=C(O)C(=O)N(c3nnc(SCc4ccc(Cl)cc4Cl)s3)C2c2ccccc2)s1. The van der Waals surface area contributed by atoms with Crippen LogP contribution in [0.4, 0.5) is 5.13 Å². The number of aliphatic hydroxyl groups excluding tert-OH is 1. The minimum atomic E-state index is -0.862. The molecule has 1 atom stereocenters. The summed E-state index contributed by atoms with van der Waals surface area (Å²) in [7, 11) is 0. The van der Waals surface area contributed by atoms with Crippen molar-refractivity contribution in [3.05, 3.63) is 96.6 Å².